The molecule has 0 saturated heterocycles. The maximum Gasteiger partial charge on any atom is 0.159 e. The number of para-hydroxylation sites is 4. The molecule has 13 rings (SSSR count). The summed E-state index contributed by atoms with van der Waals surface area (Å²) in [7, 11) is 0. The third-order valence-corrected chi connectivity index (χ3v) is 13.6. The molecule has 0 aliphatic rings. The largest absolute Gasteiger partial charge is 0.456 e. The van der Waals surface area contributed by atoms with Gasteiger partial charge < -0.3 is 18.6 Å². The molecule has 10 aromatic carbocycles. The van der Waals surface area contributed by atoms with E-state index in [-0.39, 0.29) is 0 Å². The molecule has 0 atom stereocenters. The van der Waals surface area contributed by atoms with Gasteiger partial charge in [-0.25, -0.2) is 0 Å². The molecule has 0 aliphatic carbocycles. The first-order valence-corrected chi connectivity index (χ1v) is 22.1. The van der Waals surface area contributed by atoms with Gasteiger partial charge in [-0.15, -0.1) is 11.3 Å². The molecular weight excluding hydrogens is 789 g/mol. The maximum atomic E-state index is 6.69. The second kappa shape index (κ2) is 14.2. The highest BCUT2D eigenvalue weighted by Gasteiger charge is 2.24. The maximum absolute atomic E-state index is 6.69. The van der Waals surface area contributed by atoms with Crippen LogP contribution in [-0.2, 0) is 0 Å². The van der Waals surface area contributed by atoms with E-state index >= 15 is 0 Å². The molecule has 63 heavy (non-hydrogen) atoms. The van der Waals surface area contributed by atoms with Gasteiger partial charge in [0.1, 0.15) is 16.7 Å². The fourth-order valence-electron chi connectivity index (χ4n) is 9.54. The van der Waals surface area contributed by atoms with Gasteiger partial charge >= 0.3 is 0 Å². The van der Waals surface area contributed by atoms with Crippen LogP contribution in [0.2, 0.25) is 0 Å². The second-order valence-electron chi connectivity index (χ2n) is 16.1. The number of hydrogen-bond donors (Lipinski definition) is 0. The lowest BCUT2D eigenvalue weighted by Gasteiger charge is -2.27. The molecule has 0 bridgehead atoms. The normalized spacial score (nSPS) is 11.8. The predicted molar refractivity (Wildman–Crippen MR) is 266 cm³/mol. The molecule has 4 nitrogen and oxygen atoms in total. The number of nitrogens with zero attached hydrogens (tertiary/aromatic N) is 2. The molecule has 0 saturated carbocycles. The van der Waals surface area contributed by atoms with Crippen LogP contribution in [-0.4, -0.2) is 0 Å². The third kappa shape index (κ3) is 5.74. The number of rotatable bonds is 7. The highest BCUT2D eigenvalue weighted by Crippen LogP contribution is 2.50. The second-order valence-corrected chi connectivity index (χ2v) is 17.1. The Balaban J connectivity index is 1.02. The topological polar surface area (TPSA) is 32.8 Å². The van der Waals surface area contributed by atoms with Crippen LogP contribution < -0.4 is 9.80 Å². The van der Waals surface area contributed by atoms with Crippen LogP contribution in [0.25, 0.3) is 85.9 Å². The van der Waals surface area contributed by atoms with Crippen LogP contribution in [0.15, 0.2) is 227 Å². The van der Waals surface area contributed by atoms with Gasteiger partial charge in [0.15, 0.2) is 5.58 Å². The van der Waals surface area contributed by atoms with E-state index < -0.39 is 0 Å². The van der Waals surface area contributed by atoms with Gasteiger partial charge in [-0.05, 0) is 83.9 Å². The average molecular weight is 825 g/mol. The summed E-state index contributed by atoms with van der Waals surface area (Å²) in [4.78, 5) is 4.73. The smallest absolute Gasteiger partial charge is 0.159 e. The summed E-state index contributed by atoms with van der Waals surface area (Å²) in [6.45, 7) is 0. The third-order valence-electron chi connectivity index (χ3n) is 12.4. The highest BCUT2D eigenvalue weighted by atomic mass is 32.1. The van der Waals surface area contributed by atoms with Gasteiger partial charge in [-0.1, -0.05) is 140 Å². The average Bonchev–Trinajstić information content (AvgIpc) is 4.04. The molecular formula is C58H36N2O2S. The molecule has 0 N–H and O–H groups in total. The summed E-state index contributed by atoms with van der Waals surface area (Å²) in [6.07, 6.45) is 0. The van der Waals surface area contributed by atoms with Crippen molar-refractivity contribution in [2.45, 2.75) is 0 Å². The molecule has 13 aromatic rings. The van der Waals surface area contributed by atoms with E-state index in [2.05, 4.69) is 210 Å². The minimum absolute atomic E-state index is 0.862. The first-order chi connectivity index (χ1) is 31.2. The summed E-state index contributed by atoms with van der Waals surface area (Å²) in [6, 6.07) is 77.9. The number of fused-ring (bicyclic) bond motifs is 11. The molecule has 0 spiro atoms. The van der Waals surface area contributed by atoms with Crippen LogP contribution in [0.1, 0.15) is 0 Å². The molecule has 0 fully saturated rings. The van der Waals surface area contributed by atoms with Crippen molar-refractivity contribution in [3.8, 4) is 11.1 Å². The quantitative estimate of drug-likeness (QED) is 0.160. The first-order valence-electron chi connectivity index (χ1n) is 21.2. The lowest BCUT2D eigenvalue weighted by molar-refractivity contribution is 0.668. The van der Waals surface area contributed by atoms with Crippen LogP contribution >= 0.6 is 11.3 Å². The molecule has 0 amide bonds. The fourth-order valence-corrected chi connectivity index (χ4v) is 10.8. The molecule has 3 heterocycles. The van der Waals surface area contributed by atoms with Crippen molar-refractivity contribution in [1.29, 1.82) is 0 Å². The molecule has 5 heteroatoms. The van der Waals surface area contributed by atoms with E-state index in [4.69, 9.17) is 8.83 Å². The van der Waals surface area contributed by atoms with Crippen molar-refractivity contribution in [3.63, 3.8) is 0 Å². The number of anilines is 6. The minimum Gasteiger partial charge on any atom is -0.456 e. The standard InChI is InChI=1S/C58H36N2O2S/c1-3-15-37(16-4-1)38-17-13-20-40(33-38)59(41-29-31-46-44-22-9-11-27-53(44)61-55(46)34-41)42-30-32-47-50-36-52(43-21-7-8-24-49(43)58(50)63-56(47)35-42)60(39-18-5-2-6-19-39)51-26-14-25-48-45-23-10-12-28-54(45)62-57(48)51/h1-36H. The Morgan fingerprint density at radius 1 is 0.302 bits per heavy atom. The predicted octanol–water partition coefficient (Wildman–Crippen LogP) is 17.6. The van der Waals surface area contributed by atoms with Gasteiger partial charge in [-0.3, -0.25) is 0 Å². The van der Waals surface area contributed by atoms with E-state index in [1.54, 1.807) is 0 Å². The number of hydrogen-bond acceptors (Lipinski definition) is 5. The zero-order chi connectivity index (χ0) is 41.4. The number of furan rings is 2. The van der Waals surface area contributed by atoms with Crippen LogP contribution in [0.4, 0.5) is 34.1 Å². The first kappa shape index (κ1) is 35.6. The van der Waals surface area contributed by atoms with Crippen molar-refractivity contribution >= 4 is 120 Å². The molecule has 296 valence electrons. The monoisotopic (exact) mass is 824 g/mol. The molecule has 0 radical (unpaired) electrons. The van der Waals surface area contributed by atoms with E-state index in [0.29, 0.717) is 0 Å². The molecule has 0 unspecified atom stereocenters. The van der Waals surface area contributed by atoms with Gasteiger partial charge in [0.05, 0.1) is 11.4 Å². The Hall–Kier alpha value is -8.12. The number of benzene rings is 10. The molecule has 0 aliphatic heterocycles. The highest BCUT2D eigenvalue weighted by molar-refractivity contribution is 7.26. The van der Waals surface area contributed by atoms with Crippen molar-refractivity contribution in [2.75, 3.05) is 9.80 Å². The zero-order valence-corrected chi connectivity index (χ0v) is 34.7. The fraction of sp³-hybridized carbons (Fsp3) is 0. The summed E-state index contributed by atoms with van der Waals surface area (Å²) in [5.74, 6) is 0. The molecule has 3 aromatic heterocycles. The van der Waals surface area contributed by atoms with Gasteiger partial charge in [-0.2, -0.15) is 0 Å². The lowest BCUT2D eigenvalue weighted by atomic mass is 10.0. The van der Waals surface area contributed by atoms with E-state index in [1.807, 2.05) is 29.5 Å². The number of thiophene rings is 1. The summed E-state index contributed by atoms with van der Waals surface area (Å²) in [5, 5.41) is 9.26. The van der Waals surface area contributed by atoms with Gasteiger partial charge in [0.25, 0.3) is 0 Å². The lowest BCUT2D eigenvalue weighted by Crippen LogP contribution is -2.10. The van der Waals surface area contributed by atoms with E-state index in [1.165, 1.54) is 36.5 Å². The van der Waals surface area contributed by atoms with E-state index in [9.17, 15) is 0 Å². The van der Waals surface area contributed by atoms with Crippen molar-refractivity contribution in [3.05, 3.63) is 218 Å². The zero-order valence-electron chi connectivity index (χ0n) is 33.9. The minimum atomic E-state index is 0.862. The van der Waals surface area contributed by atoms with Crippen LogP contribution in [0.5, 0.6) is 0 Å². The van der Waals surface area contributed by atoms with Crippen LogP contribution in [0.3, 0.4) is 0 Å². The van der Waals surface area contributed by atoms with Crippen molar-refractivity contribution in [1.82, 2.24) is 0 Å². The Kier molecular flexibility index (Phi) is 8.05. The summed E-state index contributed by atoms with van der Waals surface area (Å²) in [5.41, 5.74) is 12.2. The van der Waals surface area contributed by atoms with Crippen LogP contribution in [0, 0.1) is 0 Å². The Bertz CT molecular complexity index is 3880. The van der Waals surface area contributed by atoms with Gasteiger partial charge in [0, 0.05) is 81.3 Å². The SMILES string of the molecule is c1ccc(-c2cccc(N(c3ccc4c(c3)oc3ccccc34)c3ccc4c(c3)sc3c5ccccc5c(N(c5ccccc5)c5cccc6c5oc5ccccc56)cc43)c2)cc1. The van der Waals surface area contributed by atoms with Gasteiger partial charge in [0.2, 0.25) is 0 Å². The van der Waals surface area contributed by atoms with Crippen molar-refractivity contribution < 1.29 is 8.83 Å². The Morgan fingerprint density at radius 3 is 1.68 bits per heavy atom. The summed E-state index contributed by atoms with van der Waals surface area (Å²) >= 11 is 1.85. The van der Waals surface area contributed by atoms with E-state index in [0.717, 1.165) is 83.6 Å². The summed E-state index contributed by atoms with van der Waals surface area (Å²) < 4.78 is 15.6. The Labute approximate surface area is 366 Å². The van der Waals surface area contributed by atoms with Crippen molar-refractivity contribution in [2.24, 2.45) is 0 Å². The Morgan fingerprint density at radius 2 is 0.873 bits per heavy atom.